The summed E-state index contributed by atoms with van der Waals surface area (Å²) in [7, 11) is -3.74. The second-order valence-electron chi connectivity index (χ2n) is 4.85. The largest absolute Gasteiger partial charge is 0.478 e. The van der Waals surface area contributed by atoms with E-state index >= 15 is 0 Å². The first kappa shape index (κ1) is 15.2. The number of carbonyl (C=O) groups is 1. The van der Waals surface area contributed by atoms with E-state index in [1.54, 1.807) is 0 Å². The third-order valence-corrected chi connectivity index (χ3v) is 4.70. The minimum atomic E-state index is -3.74. The third kappa shape index (κ3) is 3.22. The number of nitrogens with one attached hydrogen (secondary N) is 2. The normalized spacial score (nSPS) is 11.7. The highest BCUT2D eigenvalue weighted by molar-refractivity contribution is 7.89. The Balaban J connectivity index is 1.76. The van der Waals surface area contributed by atoms with Gasteiger partial charge in [-0.15, -0.1) is 0 Å². The molecule has 0 bridgehead atoms. The summed E-state index contributed by atoms with van der Waals surface area (Å²) in [6, 6.07) is 12.4. The molecule has 0 spiro atoms. The Morgan fingerprint density at radius 3 is 2.48 bits per heavy atom. The maximum Gasteiger partial charge on any atom is 0.335 e. The van der Waals surface area contributed by atoms with Crippen LogP contribution in [0.1, 0.15) is 16.2 Å². The van der Waals surface area contributed by atoms with Gasteiger partial charge >= 0.3 is 5.97 Å². The Morgan fingerprint density at radius 1 is 1.13 bits per heavy atom. The summed E-state index contributed by atoms with van der Waals surface area (Å²) in [5, 5.41) is 8.82. The first-order chi connectivity index (χ1) is 11.0. The number of H-pyrrole nitrogens is 1. The number of hydrogen-bond donors (Lipinski definition) is 3. The van der Waals surface area contributed by atoms with E-state index in [0.29, 0.717) is 5.82 Å². The van der Waals surface area contributed by atoms with E-state index in [4.69, 9.17) is 5.11 Å². The monoisotopic (exact) mass is 331 g/mol. The van der Waals surface area contributed by atoms with Crippen LogP contribution in [0.4, 0.5) is 0 Å². The van der Waals surface area contributed by atoms with Gasteiger partial charge in [-0.2, -0.15) is 0 Å². The van der Waals surface area contributed by atoms with Crippen molar-refractivity contribution in [3.8, 4) is 0 Å². The quantitative estimate of drug-likeness (QED) is 0.659. The van der Waals surface area contributed by atoms with E-state index in [1.807, 2.05) is 24.3 Å². The van der Waals surface area contributed by atoms with Gasteiger partial charge in [0.15, 0.2) is 0 Å². The Hall–Kier alpha value is -2.71. The van der Waals surface area contributed by atoms with Crippen molar-refractivity contribution in [1.29, 1.82) is 0 Å². The van der Waals surface area contributed by atoms with E-state index in [0.717, 1.165) is 11.0 Å². The van der Waals surface area contributed by atoms with Crippen molar-refractivity contribution in [3.63, 3.8) is 0 Å². The van der Waals surface area contributed by atoms with Crippen LogP contribution >= 0.6 is 0 Å². The Bertz CT molecular complexity index is 929. The molecule has 7 nitrogen and oxygen atoms in total. The minimum Gasteiger partial charge on any atom is -0.478 e. The molecule has 3 N–H and O–H groups in total. The average molecular weight is 331 g/mol. The molecule has 3 aromatic rings. The Morgan fingerprint density at radius 2 is 1.83 bits per heavy atom. The first-order valence-corrected chi connectivity index (χ1v) is 8.21. The molecule has 0 amide bonds. The number of benzene rings is 2. The Kier molecular flexibility index (Phi) is 3.85. The van der Waals surface area contributed by atoms with Gasteiger partial charge in [0.2, 0.25) is 10.0 Å². The summed E-state index contributed by atoms with van der Waals surface area (Å²) in [5.74, 6) is -0.610. The fourth-order valence-corrected chi connectivity index (χ4v) is 3.10. The molecule has 3 rings (SSSR count). The lowest BCUT2D eigenvalue weighted by Gasteiger charge is -2.05. The molecule has 1 heterocycles. The summed E-state index contributed by atoms with van der Waals surface area (Å²) in [6.45, 7) is 0.0116. The number of sulfonamides is 1. The number of carboxylic acid groups (broad SMARTS) is 1. The Labute approximate surface area is 132 Å². The molecule has 8 heteroatoms. The van der Waals surface area contributed by atoms with Crippen LogP contribution in [-0.4, -0.2) is 29.5 Å². The molecule has 0 aliphatic rings. The minimum absolute atomic E-state index is 0.00129. The molecule has 0 atom stereocenters. The summed E-state index contributed by atoms with van der Waals surface area (Å²) in [5.41, 5.74) is 1.61. The number of nitrogens with zero attached hydrogens (tertiary/aromatic N) is 1. The molecule has 0 radical (unpaired) electrons. The van der Waals surface area contributed by atoms with Crippen molar-refractivity contribution in [2.75, 3.05) is 0 Å². The van der Waals surface area contributed by atoms with Gasteiger partial charge in [0.05, 0.1) is 28.0 Å². The predicted molar refractivity (Wildman–Crippen MR) is 83.5 cm³/mol. The van der Waals surface area contributed by atoms with Crippen LogP contribution in [-0.2, 0) is 16.6 Å². The number of para-hydroxylation sites is 2. The number of carboxylic acids is 1. The molecule has 0 saturated heterocycles. The highest BCUT2D eigenvalue weighted by atomic mass is 32.2. The van der Waals surface area contributed by atoms with Crippen LogP contribution in [0.5, 0.6) is 0 Å². The smallest absolute Gasteiger partial charge is 0.335 e. The van der Waals surface area contributed by atoms with Gasteiger partial charge in [-0.3, -0.25) is 0 Å². The molecule has 0 aliphatic carbocycles. The molecule has 0 aliphatic heterocycles. The van der Waals surface area contributed by atoms with Crippen LogP contribution in [0.2, 0.25) is 0 Å². The van der Waals surface area contributed by atoms with Gasteiger partial charge in [-0.1, -0.05) is 12.1 Å². The summed E-state index contributed by atoms with van der Waals surface area (Å²) in [4.78, 5) is 18.1. The van der Waals surface area contributed by atoms with Gasteiger partial charge in [0, 0.05) is 0 Å². The molecule has 0 fully saturated rings. The third-order valence-electron chi connectivity index (χ3n) is 3.28. The summed E-state index contributed by atoms with van der Waals surface area (Å²) >= 11 is 0. The highest BCUT2D eigenvalue weighted by Crippen LogP contribution is 2.13. The maximum absolute atomic E-state index is 12.2. The second kappa shape index (κ2) is 5.82. The van der Waals surface area contributed by atoms with Crippen molar-refractivity contribution in [2.45, 2.75) is 11.4 Å². The van der Waals surface area contributed by atoms with Crippen molar-refractivity contribution >= 4 is 27.0 Å². The van der Waals surface area contributed by atoms with Crippen LogP contribution in [0, 0.1) is 0 Å². The number of aromatic amines is 1. The molecule has 23 heavy (non-hydrogen) atoms. The molecule has 2 aromatic carbocycles. The number of aromatic nitrogens is 2. The van der Waals surface area contributed by atoms with E-state index in [-0.39, 0.29) is 17.0 Å². The lowest BCUT2D eigenvalue weighted by Crippen LogP contribution is -2.23. The summed E-state index contributed by atoms with van der Waals surface area (Å²) in [6.07, 6.45) is 0. The predicted octanol–water partition coefficient (Wildman–Crippen LogP) is 1.74. The van der Waals surface area contributed by atoms with Gasteiger partial charge in [0.25, 0.3) is 0 Å². The van der Waals surface area contributed by atoms with Crippen LogP contribution < -0.4 is 4.72 Å². The zero-order valence-corrected chi connectivity index (χ0v) is 12.7. The molecule has 0 unspecified atom stereocenters. The number of hydrogen-bond acceptors (Lipinski definition) is 4. The van der Waals surface area contributed by atoms with Crippen molar-refractivity contribution in [3.05, 3.63) is 59.9 Å². The number of imidazole rings is 1. The number of rotatable bonds is 5. The second-order valence-corrected chi connectivity index (χ2v) is 6.62. The van der Waals surface area contributed by atoms with Crippen LogP contribution in [0.15, 0.2) is 53.4 Å². The van der Waals surface area contributed by atoms with Gasteiger partial charge < -0.3 is 10.1 Å². The number of fused-ring (bicyclic) bond motifs is 1. The fourth-order valence-electron chi connectivity index (χ4n) is 2.11. The lowest BCUT2D eigenvalue weighted by molar-refractivity contribution is 0.0696. The zero-order chi connectivity index (χ0) is 16.4. The van der Waals surface area contributed by atoms with E-state index in [9.17, 15) is 13.2 Å². The van der Waals surface area contributed by atoms with Gasteiger partial charge in [0.1, 0.15) is 5.82 Å². The van der Waals surface area contributed by atoms with E-state index < -0.39 is 16.0 Å². The lowest BCUT2D eigenvalue weighted by atomic mass is 10.2. The maximum atomic E-state index is 12.2. The van der Waals surface area contributed by atoms with Crippen molar-refractivity contribution in [2.24, 2.45) is 0 Å². The first-order valence-electron chi connectivity index (χ1n) is 6.72. The summed E-state index contributed by atoms with van der Waals surface area (Å²) < 4.78 is 26.8. The molecular weight excluding hydrogens is 318 g/mol. The van der Waals surface area contributed by atoms with Crippen LogP contribution in [0.3, 0.4) is 0 Å². The van der Waals surface area contributed by atoms with Crippen molar-refractivity contribution < 1.29 is 18.3 Å². The average Bonchev–Trinajstić information content (AvgIpc) is 2.96. The van der Waals surface area contributed by atoms with Crippen molar-refractivity contribution in [1.82, 2.24) is 14.7 Å². The molecule has 0 saturated carbocycles. The van der Waals surface area contributed by atoms with Crippen LogP contribution in [0.25, 0.3) is 11.0 Å². The van der Waals surface area contributed by atoms with E-state index in [1.165, 1.54) is 24.3 Å². The number of aromatic carboxylic acids is 1. The zero-order valence-electron chi connectivity index (χ0n) is 11.9. The highest BCUT2D eigenvalue weighted by Gasteiger charge is 2.15. The molecule has 118 valence electrons. The SMILES string of the molecule is O=C(O)c1ccc(S(=O)(=O)NCc2nc3ccccc3[nH]2)cc1. The standard InChI is InChI=1S/C15H13N3O4S/c19-15(20)10-5-7-11(8-6-10)23(21,22)16-9-14-17-12-3-1-2-4-13(12)18-14/h1-8,16H,9H2,(H,17,18)(H,19,20). The topological polar surface area (TPSA) is 112 Å². The van der Waals surface area contributed by atoms with Gasteiger partial charge in [-0.05, 0) is 36.4 Å². The fraction of sp³-hybridized carbons (Fsp3) is 0.0667. The molecule has 1 aromatic heterocycles. The molecular formula is C15H13N3O4S. The van der Waals surface area contributed by atoms with Gasteiger partial charge in [-0.25, -0.2) is 22.9 Å². The van der Waals surface area contributed by atoms with E-state index in [2.05, 4.69) is 14.7 Å².